The van der Waals surface area contributed by atoms with Crippen LogP contribution in [0.15, 0.2) is 48.7 Å². The molecule has 3 rings (SSSR count). The third kappa shape index (κ3) is 5.79. The number of rotatable bonds is 8. The van der Waals surface area contributed by atoms with Crippen molar-refractivity contribution in [3.05, 3.63) is 88.2 Å². The van der Waals surface area contributed by atoms with Gasteiger partial charge in [0.15, 0.2) is 17.2 Å². The molecule has 0 saturated heterocycles. The number of aryl methyl sites for hydroxylation is 2. The minimum Gasteiger partial charge on any atom is -0.503 e. The smallest absolute Gasteiger partial charge is 0.328 e. The van der Waals surface area contributed by atoms with Crippen LogP contribution in [0.3, 0.4) is 0 Å². The molecule has 0 aliphatic heterocycles. The van der Waals surface area contributed by atoms with E-state index >= 15 is 0 Å². The summed E-state index contributed by atoms with van der Waals surface area (Å²) < 4.78 is 38.5. The molecule has 0 bridgehead atoms. The monoisotopic (exact) mass is 498 g/mol. The van der Waals surface area contributed by atoms with Crippen molar-refractivity contribution in [3.8, 4) is 11.5 Å². The zero-order chi connectivity index (χ0) is 26.6. The number of ether oxygens (including phenoxy) is 2. The van der Waals surface area contributed by atoms with E-state index in [4.69, 9.17) is 9.47 Å². The molecule has 2 atom stereocenters. The molecule has 1 aromatic heterocycles. The van der Waals surface area contributed by atoms with Gasteiger partial charge in [-0.15, -0.1) is 0 Å². The molecule has 2 aromatic carbocycles. The Kier molecular flexibility index (Phi) is 8.24. The molecule has 190 valence electrons. The van der Waals surface area contributed by atoms with E-state index < -0.39 is 35.7 Å². The van der Waals surface area contributed by atoms with E-state index in [0.29, 0.717) is 22.3 Å². The largest absolute Gasteiger partial charge is 0.503 e. The van der Waals surface area contributed by atoms with Gasteiger partial charge in [0.2, 0.25) is 0 Å². The maximum absolute atomic E-state index is 13.9. The molecular weight excluding hydrogens is 470 g/mol. The van der Waals surface area contributed by atoms with Gasteiger partial charge in [-0.2, -0.15) is 0 Å². The zero-order valence-corrected chi connectivity index (χ0v) is 20.6. The number of nitrogens with one attached hydrogen (secondary N) is 1. The van der Waals surface area contributed by atoms with Gasteiger partial charge in [0.25, 0.3) is 5.91 Å². The first-order valence-corrected chi connectivity index (χ1v) is 11.3. The Hall–Kier alpha value is -4.01. The molecule has 2 N–H and O–H groups in total. The summed E-state index contributed by atoms with van der Waals surface area (Å²) in [5, 5.41) is 12.6. The molecule has 0 unspecified atom stereocenters. The van der Waals surface area contributed by atoms with Gasteiger partial charge in [-0.3, -0.25) is 4.79 Å². The minimum atomic E-state index is -1.09. The third-order valence-electron chi connectivity index (χ3n) is 5.88. The zero-order valence-electron chi connectivity index (χ0n) is 20.6. The highest BCUT2D eigenvalue weighted by Gasteiger charge is 2.29. The lowest BCUT2D eigenvalue weighted by Crippen LogP contribution is -2.41. The van der Waals surface area contributed by atoms with E-state index in [1.165, 1.54) is 38.4 Å². The number of methoxy groups -OCH3 is 1. The molecule has 0 aliphatic carbocycles. The second kappa shape index (κ2) is 11.2. The second-order valence-corrected chi connectivity index (χ2v) is 8.54. The van der Waals surface area contributed by atoms with Crippen LogP contribution < -0.4 is 10.1 Å². The minimum absolute atomic E-state index is 0.0611. The van der Waals surface area contributed by atoms with Crippen LogP contribution in [-0.2, 0) is 9.53 Å². The molecule has 0 saturated carbocycles. The van der Waals surface area contributed by atoms with Crippen molar-refractivity contribution in [2.75, 3.05) is 7.11 Å². The summed E-state index contributed by atoms with van der Waals surface area (Å²) in [7, 11) is 1.33. The molecule has 0 fully saturated rings. The molecule has 36 heavy (non-hydrogen) atoms. The average Bonchev–Trinajstić information content (AvgIpc) is 2.83. The molecule has 7 nitrogen and oxygen atoms in total. The van der Waals surface area contributed by atoms with Gasteiger partial charge in [-0.05, 0) is 62.1 Å². The summed E-state index contributed by atoms with van der Waals surface area (Å²) in [4.78, 5) is 29.3. The molecule has 3 aromatic rings. The summed E-state index contributed by atoms with van der Waals surface area (Å²) in [6.07, 6.45) is 0.535. The predicted octanol–water partition coefficient (Wildman–Crippen LogP) is 4.57. The summed E-state index contributed by atoms with van der Waals surface area (Å²) in [6.45, 7) is 6.36. The number of aromatic hydroxyl groups is 1. The van der Waals surface area contributed by atoms with E-state index in [0.717, 1.165) is 0 Å². The third-order valence-corrected chi connectivity index (χ3v) is 5.88. The number of halogens is 2. The number of hydrogen-bond acceptors (Lipinski definition) is 6. The molecule has 0 spiro atoms. The van der Waals surface area contributed by atoms with Crippen LogP contribution in [0.1, 0.15) is 52.5 Å². The number of carbonyl (C=O) groups excluding carboxylic acids is 2. The van der Waals surface area contributed by atoms with Gasteiger partial charge in [0.05, 0.1) is 7.11 Å². The van der Waals surface area contributed by atoms with Crippen molar-refractivity contribution in [2.45, 2.75) is 45.8 Å². The lowest BCUT2D eigenvalue weighted by Gasteiger charge is -2.27. The van der Waals surface area contributed by atoms with Crippen molar-refractivity contribution in [1.29, 1.82) is 0 Å². The van der Waals surface area contributed by atoms with Crippen molar-refractivity contribution >= 4 is 11.9 Å². The number of amides is 1. The van der Waals surface area contributed by atoms with Gasteiger partial charge in [-0.25, -0.2) is 18.6 Å². The molecule has 9 heteroatoms. The van der Waals surface area contributed by atoms with Crippen molar-refractivity contribution in [1.82, 2.24) is 10.3 Å². The Balaban J connectivity index is 1.82. The topological polar surface area (TPSA) is 97.8 Å². The van der Waals surface area contributed by atoms with Crippen LogP contribution >= 0.6 is 0 Å². The normalized spacial score (nSPS) is 12.7. The first-order chi connectivity index (χ1) is 17.0. The average molecular weight is 499 g/mol. The maximum atomic E-state index is 13.9. The van der Waals surface area contributed by atoms with Gasteiger partial charge in [0, 0.05) is 18.2 Å². The number of pyridine rings is 1. The van der Waals surface area contributed by atoms with E-state index in [1.54, 1.807) is 45.0 Å². The van der Waals surface area contributed by atoms with Gasteiger partial charge in [0.1, 0.15) is 23.8 Å². The van der Waals surface area contributed by atoms with E-state index in [2.05, 4.69) is 10.3 Å². The number of esters is 1. The fourth-order valence-corrected chi connectivity index (χ4v) is 3.90. The highest BCUT2D eigenvalue weighted by Crippen LogP contribution is 2.32. The molecule has 1 heterocycles. The molecule has 0 radical (unpaired) electrons. The number of aromatic nitrogens is 1. The molecule has 0 aliphatic rings. The van der Waals surface area contributed by atoms with Crippen molar-refractivity contribution in [2.24, 2.45) is 0 Å². The van der Waals surface area contributed by atoms with E-state index in [9.17, 15) is 23.5 Å². The van der Waals surface area contributed by atoms with E-state index in [1.807, 2.05) is 0 Å². The highest BCUT2D eigenvalue weighted by atomic mass is 19.1. The SMILES string of the molecule is COc1ccnc(C(=O)N[C@@H](C)C(=O)O[C@@H](C)C(c2ccc(F)c(C)c2)c2ccc(F)c(C)c2)c1O. The summed E-state index contributed by atoms with van der Waals surface area (Å²) in [5.74, 6) is -3.19. The van der Waals surface area contributed by atoms with Crippen LogP contribution in [0.5, 0.6) is 11.5 Å². The quantitative estimate of drug-likeness (QED) is 0.442. The van der Waals surface area contributed by atoms with Crippen molar-refractivity contribution in [3.63, 3.8) is 0 Å². The molecular formula is C27H28F2N2O5. The van der Waals surface area contributed by atoms with Gasteiger partial charge in [-0.1, -0.05) is 24.3 Å². The molecule has 1 amide bonds. The maximum Gasteiger partial charge on any atom is 0.328 e. The Morgan fingerprint density at radius 1 is 0.972 bits per heavy atom. The Bertz CT molecular complexity index is 1230. The summed E-state index contributed by atoms with van der Waals surface area (Å²) in [5.41, 5.74) is 1.90. The summed E-state index contributed by atoms with van der Waals surface area (Å²) in [6, 6.07) is 9.48. The Morgan fingerprint density at radius 2 is 1.53 bits per heavy atom. The summed E-state index contributed by atoms with van der Waals surface area (Å²) >= 11 is 0. The van der Waals surface area contributed by atoms with Crippen molar-refractivity contribution < 1.29 is 33.0 Å². The van der Waals surface area contributed by atoms with Gasteiger partial charge < -0.3 is 19.9 Å². The van der Waals surface area contributed by atoms with Gasteiger partial charge >= 0.3 is 5.97 Å². The van der Waals surface area contributed by atoms with Crippen LogP contribution in [0.2, 0.25) is 0 Å². The highest BCUT2D eigenvalue weighted by molar-refractivity contribution is 5.97. The van der Waals surface area contributed by atoms with Crippen LogP contribution in [0.4, 0.5) is 8.78 Å². The number of hydrogen-bond donors (Lipinski definition) is 2. The standard InChI is InChI=1S/C27H28F2N2O5/c1-14-12-18(6-8-20(14)28)23(19-7-9-21(29)15(2)13-19)17(4)36-27(34)16(3)31-26(33)24-25(32)22(35-5)10-11-30-24/h6-13,16-17,23,32H,1-5H3,(H,31,33)/t16-,17-/m0/s1. The second-order valence-electron chi connectivity index (χ2n) is 8.54. The Morgan fingerprint density at radius 3 is 2.03 bits per heavy atom. The van der Waals surface area contributed by atoms with E-state index in [-0.39, 0.29) is 23.1 Å². The lowest BCUT2D eigenvalue weighted by atomic mass is 9.85. The number of benzene rings is 2. The number of nitrogens with zero attached hydrogens (tertiary/aromatic N) is 1. The fraction of sp³-hybridized carbons (Fsp3) is 0.296. The lowest BCUT2D eigenvalue weighted by molar-refractivity contribution is -0.150. The van der Waals surface area contributed by atoms with Crippen LogP contribution in [0, 0.1) is 25.5 Å². The fourth-order valence-electron chi connectivity index (χ4n) is 3.90. The van der Waals surface area contributed by atoms with Crippen LogP contribution in [0.25, 0.3) is 0 Å². The van der Waals surface area contributed by atoms with Crippen LogP contribution in [-0.4, -0.2) is 41.2 Å². The Labute approximate surface area is 208 Å². The number of carbonyl (C=O) groups is 2. The predicted molar refractivity (Wildman–Crippen MR) is 129 cm³/mol. The first-order valence-electron chi connectivity index (χ1n) is 11.3. The first kappa shape index (κ1) is 26.6.